The van der Waals surface area contributed by atoms with Crippen molar-refractivity contribution in [3.63, 3.8) is 0 Å². The summed E-state index contributed by atoms with van der Waals surface area (Å²) < 4.78 is 16.5. The molecule has 1 aliphatic rings. The molecule has 0 atom stereocenters. The van der Waals surface area contributed by atoms with Crippen molar-refractivity contribution in [1.29, 1.82) is 0 Å². The van der Waals surface area contributed by atoms with Crippen LogP contribution >= 0.6 is 0 Å². The zero-order valence-electron chi connectivity index (χ0n) is 15.2. The lowest BCUT2D eigenvalue weighted by molar-refractivity contribution is -0.115. The van der Waals surface area contributed by atoms with Crippen molar-refractivity contribution in [1.82, 2.24) is 5.16 Å². The molecule has 0 radical (unpaired) electrons. The van der Waals surface area contributed by atoms with Crippen LogP contribution in [0.25, 0.3) is 11.3 Å². The smallest absolute Gasteiger partial charge is 0.230 e. The number of rotatable bonds is 4. The van der Waals surface area contributed by atoms with E-state index in [2.05, 4.69) is 10.5 Å². The van der Waals surface area contributed by atoms with Gasteiger partial charge in [0.2, 0.25) is 5.91 Å². The zero-order chi connectivity index (χ0) is 18.8. The molecule has 0 bridgehead atoms. The van der Waals surface area contributed by atoms with Crippen LogP contribution in [-0.2, 0) is 11.2 Å². The van der Waals surface area contributed by atoms with E-state index in [0.29, 0.717) is 30.4 Å². The Balaban J connectivity index is 1.44. The topological polar surface area (TPSA) is 73.6 Å². The average molecular weight is 364 g/mol. The van der Waals surface area contributed by atoms with E-state index in [1.807, 2.05) is 50.2 Å². The van der Waals surface area contributed by atoms with Crippen molar-refractivity contribution in [2.24, 2.45) is 0 Å². The molecular weight excluding hydrogens is 344 g/mol. The van der Waals surface area contributed by atoms with E-state index in [4.69, 9.17) is 14.0 Å². The van der Waals surface area contributed by atoms with Gasteiger partial charge in [0, 0.05) is 17.3 Å². The third kappa shape index (κ3) is 3.79. The van der Waals surface area contributed by atoms with E-state index in [-0.39, 0.29) is 12.3 Å². The Morgan fingerprint density at radius 1 is 1.00 bits per heavy atom. The predicted molar refractivity (Wildman–Crippen MR) is 101 cm³/mol. The van der Waals surface area contributed by atoms with Crippen LogP contribution in [0.1, 0.15) is 16.8 Å². The molecule has 0 aliphatic carbocycles. The zero-order valence-corrected chi connectivity index (χ0v) is 15.2. The van der Waals surface area contributed by atoms with Gasteiger partial charge in [0.25, 0.3) is 0 Å². The van der Waals surface area contributed by atoms with Gasteiger partial charge in [-0.1, -0.05) is 11.2 Å². The molecule has 27 heavy (non-hydrogen) atoms. The number of benzene rings is 2. The number of hydrogen-bond acceptors (Lipinski definition) is 5. The minimum atomic E-state index is -0.139. The molecule has 0 spiro atoms. The third-order valence-corrected chi connectivity index (χ3v) is 4.52. The fraction of sp³-hybridized carbons (Fsp3) is 0.238. The first-order valence-electron chi connectivity index (χ1n) is 8.81. The standard InChI is InChI=1S/C21H20N2O4/c1-13-3-5-16(9-14(13)2)22-21(24)12-17-11-19(27-23-17)15-4-6-18-20(10-15)26-8-7-25-18/h3-6,9-11H,7-8,12H2,1-2H3,(H,22,24). The molecule has 3 aromatic rings. The Bertz CT molecular complexity index is 994. The van der Waals surface area contributed by atoms with E-state index in [1.54, 1.807) is 6.07 Å². The molecule has 0 fully saturated rings. The lowest BCUT2D eigenvalue weighted by Gasteiger charge is -2.18. The number of anilines is 1. The highest BCUT2D eigenvalue weighted by Gasteiger charge is 2.16. The van der Waals surface area contributed by atoms with Crippen LogP contribution in [0, 0.1) is 13.8 Å². The van der Waals surface area contributed by atoms with E-state index in [9.17, 15) is 4.79 Å². The maximum absolute atomic E-state index is 12.3. The molecule has 4 rings (SSSR count). The van der Waals surface area contributed by atoms with Crippen LogP contribution in [0.4, 0.5) is 5.69 Å². The third-order valence-electron chi connectivity index (χ3n) is 4.52. The van der Waals surface area contributed by atoms with Crippen molar-refractivity contribution in [3.05, 3.63) is 59.3 Å². The van der Waals surface area contributed by atoms with Crippen LogP contribution in [0.15, 0.2) is 47.0 Å². The minimum Gasteiger partial charge on any atom is -0.486 e. The van der Waals surface area contributed by atoms with Gasteiger partial charge in [0.05, 0.1) is 12.1 Å². The molecule has 1 aromatic heterocycles. The Hall–Kier alpha value is -3.28. The van der Waals surface area contributed by atoms with Gasteiger partial charge in [-0.15, -0.1) is 0 Å². The van der Waals surface area contributed by atoms with E-state index >= 15 is 0 Å². The Morgan fingerprint density at radius 3 is 2.63 bits per heavy atom. The molecule has 0 saturated heterocycles. The first kappa shape index (κ1) is 17.1. The number of aromatic nitrogens is 1. The molecular formula is C21H20N2O4. The molecule has 2 heterocycles. The highest BCUT2D eigenvalue weighted by Crippen LogP contribution is 2.34. The highest BCUT2D eigenvalue weighted by atomic mass is 16.6. The number of fused-ring (bicyclic) bond motifs is 1. The lowest BCUT2D eigenvalue weighted by atomic mass is 10.1. The normalized spacial score (nSPS) is 12.7. The summed E-state index contributed by atoms with van der Waals surface area (Å²) in [5.41, 5.74) is 4.50. The van der Waals surface area contributed by atoms with E-state index in [0.717, 1.165) is 22.6 Å². The monoisotopic (exact) mass is 364 g/mol. The minimum absolute atomic E-state index is 0.139. The van der Waals surface area contributed by atoms with Crippen molar-refractivity contribution in [2.45, 2.75) is 20.3 Å². The molecule has 6 heteroatoms. The number of aryl methyl sites for hydroxylation is 2. The maximum Gasteiger partial charge on any atom is 0.230 e. The summed E-state index contributed by atoms with van der Waals surface area (Å²) in [7, 11) is 0. The number of carbonyl (C=O) groups excluding carboxylic acids is 1. The Labute approximate surface area is 157 Å². The number of carbonyl (C=O) groups is 1. The Morgan fingerprint density at radius 2 is 1.81 bits per heavy atom. The molecule has 1 aliphatic heterocycles. The number of hydrogen-bond donors (Lipinski definition) is 1. The van der Waals surface area contributed by atoms with Gasteiger partial charge in [-0.3, -0.25) is 4.79 Å². The fourth-order valence-corrected chi connectivity index (χ4v) is 2.92. The summed E-state index contributed by atoms with van der Waals surface area (Å²) in [6.45, 7) is 5.13. The lowest BCUT2D eigenvalue weighted by Crippen LogP contribution is -2.15. The summed E-state index contributed by atoms with van der Waals surface area (Å²) in [4.78, 5) is 12.3. The number of amides is 1. The van der Waals surface area contributed by atoms with Crippen LogP contribution < -0.4 is 14.8 Å². The van der Waals surface area contributed by atoms with Gasteiger partial charge < -0.3 is 19.3 Å². The molecule has 0 unspecified atom stereocenters. The van der Waals surface area contributed by atoms with Crippen molar-refractivity contribution in [3.8, 4) is 22.8 Å². The summed E-state index contributed by atoms with van der Waals surface area (Å²) >= 11 is 0. The van der Waals surface area contributed by atoms with Crippen LogP contribution in [0.3, 0.4) is 0 Å². The van der Waals surface area contributed by atoms with Crippen molar-refractivity contribution in [2.75, 3.05) is 18.5 Å². The molecule has 1 amide bonds. The predicted octanol–water partition coefficient (Wildman–Crippen LogP) is 3.91. The molecule has 138 valence electrons. The van der Waals surface area contributed by atoms with Gasteiger partial charge in [0.1, 0.15) is 13.2 Å². The van der Waals surface area contributed by atoms with Crippen LogP contribution in [0.2, 0.25) is 0 Å². The first-order chi connectivity index (χ1) is 13.1. The summed E-state index contributed by atoms with van der Waals surface area (Å²) in [5.74, 6) is 1.85. The summed E-state index contributed by atoms with van der Waals surface area (Å²) in [5, 5.41) is 6.90. The average Bonchev–Trinajstić information content (AvgIpc) is 3.12. The van der Waals surface area contributed by atoms with Crippen molar-refractivity contribution < 1.29 is 18.8 Å². The van der Waals surface area contributed by atoms with Crippen LogP contribution in [0.5, 0.6) is 11.5 Å². The van der Waals surface area contributed by atoms with Gasteiger partial charge in [-0.25, -0.2) is 0 Å². The fourth-order valence-electron chi connectivity index (χ4n) is 2.92. The molecule has 1 N–H and O–H groups in total. The second kappa shape index (κ2) is 7.15. The van der Waals surface area contributed by atoms with Gasteiger partial charge in [0.15, 0.2) is 17.3 Å². The van der Waals surface area contributed by atoms with Gasteiger partial charge in [-0.05, 0) is 55.3 Å². The van der Waals surface area contributed by atoms with Gasteiger partial charge in [-0.2, -0.15) is 0 Å². The van der Waals surface area contributed by atoms with Crippen LogP contribution in [-0.4, -0.2) is 24.3 Å². The SMILES string of the molecule is Cc1ccc(NC(=O)Cc2cc(-c3ccc4c(c3)OCCO4)on2)cc1C. The highest BCUT2D eigenvalue weighted by molar-refractivity contribution is 5.92. The second-order valence-electron chi connectivity index (χ2n) is 6.56. The molecule has 6 nitrogen and oxygen atoms in total. The first-order valence-corrected chi connectivity index (χ1v) is 8.81. The molecule has 0 saturated carbocycles. The van der Waals surface area contributed by atoms with Crippen molar-refractivity contribution >= 4 is 11.6 Å². The largest absolute Gasteiger partial charge is 0.486 e. The number of ether oxygens (including phenoxy) is 2. The Kier molecular flexibility index (Phi) is 4.54. The quantitative estimate of drug-likeness (QED) is 0.760. The van der Waals surface area contributed by atoms with Gasteiger partial charge >= 0.3 is 0 Å². The van der Waals surface area contributed by atoms with E-state index < -0.39 is 0 Å². The summed E-state index contributed by atoms with van der Waals surface area (Å²) in [6.07, 6.45) is 0.140. The number of nitrogens with zero attached hydrogens (tertiary/aromatic N) is 1. The second-order valence-corrected chi connectivity index (χ2v) is 6.56. The molecule has 2 aromatic carbocycles. The van der Waals surface area contributed by atoms with E-state index in [1.165, 1.54) is 5.56 Å². The number of nitrogens with one attached hydrogen (secondary N) is 1. The summed E-state index contributed by atoms with van der Waals surface area (Å²) in [6, 6.07) is 13.2. The maximum atomic E-state index is 12.3.